The SMILES string of the molecule is C=CCCCCCCCC(C)SCC(O)CN1CCOCC1.Cl. The van der Waals surface area contributed by atoms with Gasteiger partial charge in [-0.3, -0.25) is 4.90 Å². The molecule has 5 heteroatoms. The molecule has 0 saturated carbocycles. The van der Waals surface area contributed by atoms with Crippen molar-refractivity contribution in [1.82, 2.24) is 4.90 Å². The number of nitrogens with zero attached hydrogens (tertiary/aromatic N) is 1. The maximum atomic E-state index is 10.1. The van der Waals surface area contributed by atoms with Gasteiger partial charge in [0.15, 0.2) is 0 Å². The summed E-state index contributed by atoms with van der Waals surface area (Å²) >= 11 is 1.92. The van der Waals surface area contributed by atoms with Crippen molar-refractivity contribution < 1.29 is 9.84 Å². The number of β-amino-alcohol motifs (C(OH)–C–C–N with tert-alkyl or cyclic N) is 1. The molecule has 0 spiro atoms. The van der Waals surface area contributed by atoms with E-state index in [1.807, 2.05) is 17.8 Å². The van der Waals surface area contributed by atoms with Crippen LogP contribution in [0.4, 0.5) is 0 Å². The minimum Gasteiger partial charge on any atom is -0.391 e. The van der Waals surface area contributed by atoms with Crippen molar-refractivity contribution in [2.24, 2.45) is 0 Å². The summed E-state index contributed by atoms with van der Waals surface area (Å²) in [6.45, 7) is 10.4. The smallest absolute Gasteiger partial charge is 0.0757 e. The van der Waals surface area contributed by atoms with E-state index in [2.05, 4.69) is 18.4 Å². The van der Waals surface area contributed by atoms with Gasteiger partial charge in [-0.15, -0.1) is 19.0 Å². The van der Waals surface area contributed by atoms with Gasteiger partial charge in [-0.05, 0) is 19.3 Å². The molecule has 0 bridgehead atoms. The first-order chi connectivity index (χ1) is 10.7. The molecule has 1 saturated heterocycles. The minimum absolute atomic E-state index is 0. The summed E-state index contributed by atoms with van der Waals surface area (Å²) < 4.78 is 5.33. The third-order valence-corrected chi connectivity index (χ3v) is 5.55. The molecular weight excluding hydrogens is 330 g/mol. The van der Waals surface area contributed by atoms with Crippen molar-refractivity contribution in [1.29, 1.82) is 0 Å². The Kier molecular flexibility index (Phi) is 15.9. The highest BCUT2D eigenvalue weighted by Crippen LogP contribution is 2.19. The second-order valence-electron chi connectivity index (χ2n) is 6.34. The van der Waals surface area contributed by atoms with E-state index in [0.717, 1.165) is 45.0 Å². The molecule has 2 atom stereocenters. The van der Waals surface area contributed by atoms with E-state index in [9.17, 15) is 5.11 Å². The number of aliphatic hydroxyl groups excluding tert-OH is 1. The molecule has 3 nitrogen and oxygen atoms in total. The molecule has 0 aliphatic carbocycles. The first-order valence-electron chi connectivity index (χ1n) is 8.93. The van der Waals surface area contributed by atoms with Gasteiger partial charge in [-0.1, -0.05) is 38.7 Å². The van der Waals surface area contributed by atoms with Gasteiger partial charge in [0.05, 0.1) is 19.3 Å². The summed E-state index contributed by atoms with van der Waals surface area (Å²) in [5.74, 6) is 0.859. The lowest BCUT2D eigenvalue weighted by Gasteiger charge is -2.28. The van der Waals surface area contributed by atoms with Crippen molar-refractivity contribution in [2.45, 2.75) is 63.2 Å². The van der Waals surface area contributed by atoms with Gasteiger partial charge in [0.1, 0.15) is 0 Å². The van der Waals surface area contributed by atoms with Crippen LogP contribution in [0, 0.1) is 0 Å². The van der Waals surface area contributed by atoms with Gasteiger partial charge in [0, 0.05) is 30.6 Å². The molecule has 1 heterocycles. The van der Waals surface area contributed by atoms with Crippen LogP contribution in [0.2, 0.25) is 0 Å². The highest BCUT2D eigenvalue weighted by Gasteiger charge is 2.15. The Labute approximate surface area is 153 Å². The second kappa shape index (κ2) is 15.8. The fraction of sp³-hybridized carbons (Fsp3) is 0.889. The van der Waals surface area contributed by atoms with Crippen molar-refractivity contribution in [3.63, 3.8) is 0 Å². The van der Waals surface area contributed by atoms with E-state index >= 15 is 0 Å². The van der Waals surface area contributed by atoms with Crippen LogP contribution in [0.5, 0.6) is 0 Å². The summed E-state index contributed by atoms with van der Waals surface area (Å²) in [6, 6.07) is 0. The Balaban J connectivity index is 0.00000484. The zero-order valence-corrected chi connectivity index (χ0v) is 16.4. The van der Waals surface area contributed by atoms with Crippen LogP contribution in [0.3, 0.4) is 0 Å². The summed E-state index contributed by atoms with van der Waals surface area (Å²) in [5.41, 5.74) is 0. The highest BCUT2D eigenvalue weighted by molar-refractivity contribution is 7.99. The van der Waals surface area contributed by atoms with Crippen LogP contribution >= 0.6 is 24.2 Å². The molecule has 2 unspecified atom stereocenters. The van der Waals surface area contributed by atoms with E-state index in [1.54, 1.807) is 0 Å². The van der Waals surface area contributed by atoms with Gasteiger partial charge in [0.25, 0.3) is 0 Å². The van der Waals surface area contributed by atoms with Crippen LogP contribution in [-0.4, -0.2) is 60.0 Å². The molecule has 138 valence electrons. The predicted octanol–water partition coefficient (Wildman–Crippen LogP) is 4.14. The number of unbranched alkanes of at least 4 members (excludes halogenated alkanes) is 5. The number of thioether (sulfide) groups is 1. The first kappa shape index (κ1) is 23.3. The lowest BCUT2D eigenvalue weighted by molar-refractivity contribution is 0.0188. The summed E-state index contributed by atoms with van der Waals surface area (Å²) in [7, 11) is 0. The molecule has 1 N–H and O–H groups in total. The molecule has 1 rings (SSSR count). The molecule has 0 radical (unpaired) electrons. The molecule has 1 aliphatic heterocycles. The number of allylic oxidation sites excluding steroid dienone is 1. The Hall–Kier alpha value is 0.260. The monoisotopic (exact) mass is 365 g/mol. The number of morpholine rings is 1. The van der Waals surface area contributed by atoms with Crippen molar-refractivity contribution in [3.8, 4) is 0 Å². The molecule has 1 fully saturated rings. The minimum atomic E-state index is -0.204. The Morgan fingerprint density at radius 3 is 2.52 bits per heavy atom. The average Bonchev–Trinajstić information content (AvgIpc) is 2.53. The number of ether oxygens (including phenoxy) is 1. The molecule has 0 aromatic carbocycles. The number of hydrogen-bond acceptors (Lipinski definition) is 4. The van der Waals surface area contributed by atoms with Gasteiger partial charge in [-0.2, -0.15) is 11.8 Å². The maximum absolute atomic E-state index is 10.1. The largest absolute Gasteiger partial charge is 0.391 e. The molecular formula is C18H36ClNO2S. The highest BCUT2D eigenvalue weighted by atomic mass is 35.5. The summed E-state index contributed by atoms with van der Waals surface area (Å²) in [4.78, 5) is 2.31. The van der Waals surface area contributed by atoms with E-state index in [0.29, 0.717) is 5.25 Å². The van der Waals surface area contributed by atoms with Gasteiger partial charge in [-0.25, -0.2) is 0 Å². The van der Waals surface area contributed by atoms with Crippen LogP contribution < -0.4 is 0 Å². The van der Waals surface area contributed by atoms with Crippen molar-refractivity contribution in [3.05, 3.63) is 12.7 Å². The number of aliphatic hydroxyl groups is 1. The average molecular weight is 366 g/mol. The van der Waals surface area contributed by atoms with E-state index in [-0.39, 0.29) is 18.5 Å². The van der Waals surface area contributed by atoms with Gasteiger partial charge >= 0.3 is 0 Å². The van der Waals surface area contributed by atoms with Crippen LogP contribution in [0.1, 0.15) is 51.9 Å². The lowest BCUT2D eigenvalue weighted by atomic mass is 10.1. The van der Waals surface area contributed by atoms with Crippen LogP contribution in [-0.2, 0) is 4.74 Å². The Morgan fingerprint density at radius 2 is 1.83 bits per heavy atom. The fourth-order valence-corrected chi connectivity index (χ4v) is 3.73. The van der Waals surface area contributed by atoms with E-state index in [1.165, 1.54) is 38.5 Å². The topological polar surface area (TPSA) is 32.7 Å². The number of hydrogen-bond donors (Lipinski definition) is 1. The first-order valence-corrected chi connectivity index (χ1v) is 9.98. The van der Waals surface area contributed by atoms with Crippen LogP contribution in [0.25, 0.3) is 0 Å². The molecule has 1 aliphatic rings. The zero-order valence-electron chi connectivity index (χ0n) is 14.8. The molecule has 0 amide bonds. The Morgan fingerprint density at radius 1 is 1.17 bits per heavy atom. The van der Waals surface area contributed by atoms with Gasteiger partial charge < -0.3 is 9.84 Å². The lowest BCUT2D eigenvalue weighted by Crippen LogP contribution is -2.41. The molecule has 0 aromatic rings. The quantitative estimate of drug-likeness (QED) is 0.392. The number of halogens is 1. The summed E-state index contributed by atoms with van der Waals surface area (Å²) in [6.07, 6.45) is 10.9. The predicted molar refractivity (Wildman–Crippen MR) is 105 cm³/mol. The molecule has 23 heavy (non-hydrogen) atoms. The zero-order chi connectivity index (χ0) is 16.0. The van der Waals surface area contributed by atoms with Gasteiger partial charge in [0.2, 0.25) is 0 Å². The maximum Gasteiger partial charge on any atom is 0.0757 e. The third kappa shape index (κ3) is 13.2. The number of rotatable bonds is 13. The third-order valence-electron chi connectivity index (χ3n) is 4.16. The molecule has 0 aromatic heterocycles. The van der Waals surface area contributed by atoms with Crippen LogP contribution in [0.15, 0.2) is 12.7 Å². The second-order valence-corrected chi connectivity index (χ2v) is 7.82. The van der Waals surface area contributed by atoms with E-state index in [4.69, 9.17) is 4.74 Å². The summed E-state index contributed by atoms with van der Waals surface area (Å²) in [5, 5.41) is 10.8. The van der Waals surface area contributed by atoms with Crippen molar-refractivity contribution in [2.75, 3.05) is 38.6 Å². The fourth-order valence-electron chi connectivity index (χ4n) is 2.74. The van der Waals surface area contributed by atoms with E-state index < -0.39 is 0 Å². The standard InChI is InChI=1S/C18H35NO2S.ClH/c1-3-4-5-6-7-8-9-10-17(2)22-16-18(20)15-19-11-13-21-14-12-19;/h3,17-18,20H,1,4-16H2,2H3;1H. The van der Waals surface area contributed by atoms with Crippen molar-refractivity contribution >= 4 is 24.2 Å². The Bertz CT molecular complexity index is 276. The normalized spacial score (nSPS) is 18.2.